The van der Waals surface area contributed by atoms with E-state index < -0.39 is 0 Å². The highest BCUT2D eigenvalue weighted by Gasteiger charge is 2.28. The van der Waals surface area contributed by atoms with Gasteiger partial charge in [-0.2, -0.15) is 0 Å². The summed E-state index contributed by atoms with van der Waals surface area (Å²) in [6.45, 7) is 4.31. The van der Waals surface area contributed by atoms with E-state index in [0.29, 0.717) is 0 Å². The highest BCUT2D eigenvalue weighted by atomic mass is 15.1. The van der Waals surface area contributed by atoms with Crippen molar-refractivity contribution < 1.29 is 0 Å². The van der Waals surface area contributed by atoms with Crippen LogP contribution in [0.15, 0.2) is 18.2 Å². The summed E-state index contributed by atoms with van der Waals surface area (Å²) in [7, 11) is 2.15. The topological polar surface area (TPSA) is 29.9 Å². The molecule has 0 aliphatic heterocycles. The highest BCUT2D eigenvalue weighted by molar-refractivity contribution is 5.77. The van der Waals surface area contributed by atoms with Gasteiger partial charge in [-0.05, 0) is 56.5 Å². The molecule has 0 atom stereocenters. The van der Waals surface area contributed by atoms with Crippen molar-refractivity contribution in [3.05, 3.63) is 29.6 Å². The zero-order valence-electron chi connectivity index (χ0n) is 11.9. The molecule has 3 heteroatoms. The van der Waals surface area contributed by atoms with Crippen LogP contribution in [-0.4, -0.2) is 22.6 Å². The molecule has 0 bridgehead atoms. The predicted molar refractivity (Wildman–Crippen MR) is 79.6 cm³/mol. The maximum Gasteiger partial charge on any atom is 0.112 e. The lowest BCUT2D eigenvalue weighted by molar-refractivity contribution is 0.673. The Balaban J connectivity index is 1.76. The minimum Gasteiger partial charge on any atom is -0.331 e. The fraction of sp³-hybridized carbons (Fsp3) is 0.562. The van der Waals surface area contributed by atoms with Crippen LogP contribution in [0.2, 0.25) is 0 Å². The molecule has 1 saturated carbocycles. The minimum absolute atomic E-state index is 0.717. The fourth-order valence-corrected chi connectivity index (χ4v) is 2.72. The molecule has 102 valence electrons. The molecule has 0 unspecified atom stereocenters. The molecule has 1 heterocycles. The summed E-state index contributed by atoms with van der Waals surface area (Å²) in [6.07, 6.45) is 4.96. The molecule has 1 aromatic heterocycles. The van der Waals surface area contributed by atoms with Crippen LogP contribution in [0.5, 0.6) is 0 Å². The number of imidazole rings is 1. The lowest BCUT2D eigenvalue weighted by Gasteiger charge is -2.03. The molecule has 0 amide bonds. The van der Waals surface area contributed by atoms with E-state index in [1.807, 2.05) is 0 Å². The average Bonchev–Trinajstić information content (AvgIpc) is 3.21. The molecule has 1 aromatic carbocycles. The first kappa shape index (κ1) is 12.7. The molecular formula is C16H23N3. The van der Waals surface area contributed by atoms with Gasteiger partial charge in [-0.3, -0.25) is 0 Å². The van der Waals surface area contributed by atoms with Crippen LogP contribution >= 0.6 is 0 Å². The lowest BCUT2D eigenvalue weighted by atomic mass is 10.1. The molecule has 1 aliphatic rings. The van der Waals surface area contributed by atoms with Gasteiger partial charge in [0.15, 0.2) is 0 Å². The van der Waals surface area contributed by atoms with Crippen molar-refractivity contribution in [2.24, 2.45) is 7.05 Å². The van der Waals surface area contributed by atoms with Crippen LogP contribution in [0.25, 0.3) is 11.0 Å². The summed E-state index contributed by atoms with van der Waals surface area (Å²) in [6, 6.07) is 6.76. The fourth-order valence-electron chi connectivity index (χ4n) is 2.72. The maximum atomic E-state index is 4.83. The first-order valence-corrected chi connectivity index (χ1v) is 7.45. The van der Waals surface area contributed by atoms with Gasteiger partial charge in [0.05, 0.1) is 11.0 Å². The number of rotatable bonds is 6. The summed E-state index contributed by atoms with van der Waals surface area (Å²) < 4.78 is 2.27. The van der Waals surface area contributed by atoms with Crippen molar-refractivity contribution in [2.45, 2.75) is 38.5 Å². The van der Waals surface area contributed by atoms with Crippen LogP contribution in [0, 0.1) is 0 Å². The van der Waals surface area contributed by atoms with E-state index in [1.54, 1.807) is 0 Å². The van der Waals surface area contributed by atoms with E-state index in [1.165, 1.54) is 41.7 Å². The summed E-state index contributed by atoms with van der Waals surface area (Å²) in [5.41, 5.74) is 3.86. The van der Waals surface area contributed by atoms with E-state index in [-0.39, 0.29) is 0 Å². The Labute approximate surface area is 115 Å². The van der Waals surface area contributed by atoms with Gasteiger partial charge in [0, 0.05) is 13.0 Å². The Kier molecular flexibility index (Phi) is 3.56. The molecule has 3 rings (SSSR count). The second-order valence-electron chi connectivity index (χ2n) is 5.58. The number of hydrogen-bond donors (Lipinski definition) is 1. The molecule has 1 aliphatic carbocycles. The number of nitrogens with zero attached hydrogens (tertiary/aromatic N) is 2. The first-order valence-electron chi connectivity index (χ1n) is 7.45. The maximum absolute atomic E-state index is 4.83. The van der Waals surface area contributed by atoms with Gasteiger partial charge in [0.25, 0.3) is 0 Å². The number of aryl methyl sites for hydroxylation is 2. The van der Waals surface area contributed by atoms with E-state index >= 15 is 0 Å². The van der Waals surface area contributed by atoms with Crippen molar-refractivity contribution in [3.63, 3.8) is 0 Å². The van der Waals surface area contributed by atoms with Crippen molar-refractivity contribution >= 4 is 11.0 Å². The Morgan fingerprint density at radius 1 is 1.37 bits per heavy atom. The van der Waals surface area contributed by atoms with E-state index in [2.05, 4.69) is 42.1 Å². The highest BCUT2D eigenvalue weighted by Crippen LogP contribution is 2.40. The quantitative estimate of drug-likeness (QED) is 0.806. The van der Waals surface area contributed by atoms with Crippen LogP contribution in [0.4, 0.5) is 0 Å². The average molecular weight is 257 g/mol. The van der Waals surface area contributed by atoms with Gasteiger partial charge in [-0.25, -0.2) is 4.98 Å². The van der Waals surface area contributed by atoms with Gasteiger partial charge in [-0.15, -0.1) is 0 Å². The third-order valence-corrected chi connectivity index (χ3v) is 3.99. The number of benzene rings is 1. The van der Waals surface area contributed by atoms with Crippen molar-refractivity contribution in [1.82, 2.24) is 14.9 Å². The summed E-state index contributed by atoms with van der Waals surface area (Å²) in [4.78, 5) is 4.83. The number of aromatic nitrogens is 2. The minimum atomic E-state index is 0.717. The van der Waals surface area contributed by atoms with Crippen molar-refractivity contribution in [3.8, 4) is 0 Å². The van der Waals surface area contributed by atoms with Crippen LogP contribution < -0.4 is 5.32 Å². The smallest absolute Gasteiger partial charge is 0.112 e. The van der Waals surface area contributed by atoms with E-state index in [4.69, 9.17) is 4.98 Å². The van der Waals surface area contributed by atoms with Gasteiger partial charge in [0.1, 0.15) is 5.82 Å². The second kappa shape index (κ2) is 5.33. The number of fused-ring (bicyclic) bond motifs is 1. The third kappa shape index (κ3) is 2.66. The molecule has 0 saturated heterocycles. The standard InChI is InChI=1S/C16H23N3/c1-3-17-10-4-5-12-6-9-15-14(11-12)18-16(19(15)2)13-7-8-13/h6,9,11,13,17H,3-5,7-8,10H2,1-2H3. The SMILES string of the molecule is CCNCCCc1ccc2c(c1)nc(C1CC1)n2C. The van der Waals surface area contributed by atoms with Gasteiger partial charge in [-0.1, -0.05) is 13.0 Å². The normalized spacial score (nSPS) is 15.3. The third-order valence-electron chi connectivity index (χ3n) is 3.99. The van der Waals surface area contributed by atoms with Gasteiger partial charge in [0.2, 0.25) is 0 Å². The molecule has 0 spiro atoms. The van der Waals surface area contributed by atoms with Crippen molar-refractivity contribution in [1.29, 1.82) is 0 Å². The monoisotopic (exact) mass is 257 g/mol. The Hall–Kier alpha value is -1.35. The number of nitrogens with one attached hydrogen (secondary N) is 1. The summed E-state index contributed by atoms with van der Waals surface area (Å²) in [5.74, 6) is 1.99. The van der Waals surface area contributed by atoms with E-state index in [9.17, 15) is 0 Å². The lowest BCUT2D eigenvalue weighted by Crippen LogP contribution is -2.14. The summed E-state index contributed by atoms with van der Waals surface area (Å²) in [5, 5.41) is 3.37. The van der Waals surface area contributed by atoms with Gasteiger partial charge < -0.3 is 9.88 Å². The van der Waals surface area contributed by atoms with E-state index in [0.717, 1.165) is 25.4 Å². The molecule has 19 heavy (non-hydrogen) atoms. The van der Waals surface area contributed by atoms with Gasteiger partial charge >= 0.3 is 0 Å². The zero-order valence-corrected chi connectivity index (χ0v) is 11.9. The van der Waals surface area contributed by atoms with Crippen LogP contribution in [0.3, 0.4) is 0 Å². The molecular weight excluding hydrogens is 234 g/mol. The molecule has 3 nitrogen and oxygen atoms in total. The molecule has 2 aromatic rings. The Bertz CT molecular complexity index is 567. The van der Waals surface area contributed by atoms with Crippen LogP contribution in [0.1, 0.15) is 43.5 Å². The molecule has 0 radical (unpaired) electrons. The second-order valence-corrected chi connectivity index (χ2v) is 5.58. The van der Waals surface area contributed by atoms with Crippen LogP contribution in [-0.2, 0) is 13.5 Å². The van der Waals surface area contributed by atoms with Crippen molar-refractivity contribution in [2.75, 3.05) is 13.1 Å². The largest absolute Gasteiger partial charge is 0.331 e. The Morgan fingerprint density at radius 3 is 2.95 bits per heavy atom. The number of hydrogen-bond acceptors (Lipinski definition) is 2. The Morgan fingerprint density at radius 2 is 2.21 bits per heavy atom. The predicted octanol–water partition coefficient (Wildman–Crippen LogP) is 2.99. The summed E-state index contributed by atoms with van der Waals surface area (Å²) >= 11 is 0. The molecule has 1 fully saturated rings. The first-order chi connectivity index (χ1) is 9.29. The zero-order chi connectivity index (χ0) is 13.2. The molecule has 1 N–H and O–H groups in total.